The summed E-state index contributed by atoms with van der Waals surface area (Å²) in [6.07, 6.45) is -0.0324. The zero-order chi connectivity index (χ0) is 27.4. The summed E-state index contributed by atoms with van der Waals surface area (Å²) in [5.74, 6) is -4.76. The van der Waals surface area contributed by atoms with Gasteiger partial charge in [0.2, 0.25) is 11.8 Å². The summed E-state index contributed by atoms with van der Waals surface area (Å²) in [4.78, 5) is 75.7. The largest absolute Gasteiger partial charge is 0.454 e. The summed E-state index contributed by atoms with van der Waals surface area (Å²) < 4.78 is 5.19. The number of anilines is 1. The van der Waals surface area contributed by atoms with Gasteiger partial charge in [-0.05, 0) is 35.9 Å². The molecule has 1 heterocycles. The lowest BCUT2D eigenvalue weighted by molar-refractivity contribution is -0.151. The maximum Gasteiger partial charge on any atom is 0.330 e. The molecule has 0 aromatic heterocycles. The van der Waals surface area contributed by atoms with Gasteiger partial charge in [0.25, 0.3) is 17.7 Å². The van der Waals surface area contributed by atoms with Crippen LogP contribution in [0.5, 0.6) is 0 Å². The Morgan fingerprint density at radius 1 is 0.789 bits per heavy atom. The summed E-state index contributed by atoms with van der Waals surface area (Å²) in [5.41, 5.74) is 11.4. The molecule has 0 aliphatic carbocycles. The smallest absolute Gasteiger partial charge is 0.330 e. The highest BCUT2D eigenvalue weighted by Gasteiger charge is 2.43. The number of nitrogens with zero attached hydrogens (tertiary/aromatic N) is 1. The molecule has 0 saturated carbocycles. The van der Waals surface area contributed by atoms with E-state index in [2.05, 4.69) is 5.32 Å². The minimum Gasteiger partial charge on any atom is -0.454 e. The van der Waals surface area contributed by atoms with Crippen molar-refractivity contribution >= 4 is 41.2 Å². The van der Waals surface area contributed by atoms with Crippen molar-refractivity contribution in [3.05, 3.63) is 101 Å². The summed E-state index contributed by atoms with van der Waals surface area (Å²) in [7, 11) is 0. The summed E-state index contributed by atoms with van der Waals surface area (Å²) in [6, 6.07) is 17.2. The molecule has 11 heteroatoms. The topological polar surface area (TPSA) is 179 Å². The number of nitrogens with two attached hydrogens (primary N) is 2. The van der Waals surface area contributed by atoms with Crippen LogP contribution in [0.15, 0.2) is 72.8 Å². The van der Waals surface area contributed by atoms with Gasteiger partial charge in [0.05, 0.1) is 11.1 Å². The van der Waals surface area contributed by atoms with E-state index in [9.17, 15) is 28.8 Å². The number of hydrogen-bond acceptors (Lipinski definition) is 7. The van der Waals surface area contributed by atoms with Crippen LogP contribution in [0.25, 0.3) is 0 Å². The average molecular weight is 514 g/mol. The average Bonchev–Trinajstić information content (AvgIpc) is 3.16. The maximum atomic E-state index is 13.1. The van der Waals surface area contributed by atoms with Gasteiger partial charge in [-0.25, -0.2) is 4.79 Å². The lowest BCUT2D eigenvalue weighted by Crippen LogP contribution is -2.47. The number of primary amides is 2. The Kier molecular flexibility index (Phi) is 7.28. The first-order chi connectivity index (χ1) is 18.2. The van der Waals surface area contributed by atoms with Crippen LogP contribution in [-0.2, 0) is 20.7 Å². The van der Waals surface area contributed by atoms with Crippen LogP contribution in [0.4, 0.5) is 5.69 Å². The van der Waals surface area contributed by atoms with Gasteiger partial charge < -0.3 is 21.5 Å². The molecule has 0 saturated heterocycles. The molecule has 4 rings (SSSR count). The summed E-state index contributed by atoms with van der Waals surface area (Å²) in [5, 5.41) is 2.40. The summed E-state index contributed by atoms with van der Waals surface area (Å²) >= 11 is 0. The molecule has 1 aliphatic rings. The van der Waals surface area contributed by atoms with Crippen LogP contribution in [0.1, 0.15) is 47.0 Å². The minimum absolute atomic E-state index is 0.0253. The molecule has 3 aromatic rings. The van der Waals surface area contributed by atoms with E-state index in [1.54, 1.807) is 42.5 Å². The second kappa shape index (κ2) is 10.7. The molecular weight excluding hydrogens is 492 g/mol. The molecular formula is C27H22N4O7. The Labute approximate surface area is 216 Å². The molecule has 3 aromatic carbocycles. The van der Waals surface area contributed by atoms with E-state index < -0.39 is 48.2 Å². The van der Waals surface area contributed by atoms with E-state index in [4.69, 9.17) is 16.2 Å². The van der Waals surface area contributed by atoms with Crippen molar-refractivity contribution in [1.29, 1.82) is 0 Å². The van der Waals surface area contributed by atoms with E-state index in [-0.39, 0.29) is 34.4 Å². The number of imide groups is 1. The highest BCUT2D eigenvalue weighted by molar-refractivity contribution is 6.22. The monoisotopic (exact) mass is 514 g/mol. The van der Waals surface area contributed by atoms with Crippen LogP contribution in [0.2, 0.25) is 0 Å². The number of carbonyl (C=O) groups excluding carboxylic acids is 6. The van der Waals surface area contributed by atoms with Crippen LogP contribution in [-0.4, -0.2) is 53.1 Å². The molecule has 192 valence electrons. The van der Waals surface area contributed by atoms with Gasteiger partial charge in [0.1, 0.15) is 6.04 Å². The van der Waals surface area contributed by atoms with Gasteiger partial charge >= 0.3 is 5.97 Å². The molecule has 1 aliphatic heterocycles. The van der Waals surface area contributed by atoms with E-state index in [1.165, 1.54) is 30.3 Å². The van der Waals surface area contributed by atoms with Crippen molar-refractivity contribution in [3.8, 4) is 0 Å². The fourth-order valence-electron chi connectivity index (χ4n) is 4.02. The van der Waals surface area contributed by atoms with E-state index in [0.717, 1.165) is 4.90 Å². The molecule has 0 radical (unpaired) electrons. The first kappa shape index (κ1) is 25.8. The molecule has 0 spiro atoms. The molecule has 38 heavy (non-hydrogen) atoms. The Hall–Kier alpha value is -5.32. The predicted molar refractivity (Wildman–Crippen MR) is 134 cm³/mol. The van der Waals surface area contributed by atoms with Gasteiger partial charge in [-0.1, -0.05) is 42.5 Å². The fraction of sp³-hybridized carbons (Fsp3) is 0.111. The second-order valence-corrected chi connectivity index (χ2v) is 8.41. The van der Waals surface area contributed by atoms with Gasteiger partial charge in [-0.2, -0.15) is 0 Å². The Morgan fingerprint density at radius 2 is 1.32 bits per heavy atom. The first-order valence-electron chi connectivity index (χ1n) is 11.4. The third kappa shape index (κ3) is 5.41. The standard InChI is InChI=1S/C27H22N4O7/c28-23(33)16-11-17(24(29)34)13-18(12-16)30-22(32)14-38-27(37)21(10-15-6-2-1-3-7-15)31-25(35)19-8-4-5-9-20(19)26(31)36/h1-9,11-13,21H,10,14H2,(H2,28,33)(H2,29,34)(H,30,32). The molecule has 1 atom stereocenters. The van der Waals surface area contributed by atoms with Gasteiger partial charge in [0.15, 0.2) is 6.61 Å². The third-order valence-electron chi connectivity index (χ3n) is 5.81. The first-order valence-corrected chi connectivity index (χ1v) is 11.4. The molecule has 0 fully saturated rings. The number of esters is 1. The molecule has 11 nitrogen and oxygen atoms in total. The second-order valence-electron chi connectivity index (χ2n) is 8.41. The fourth-order valence-corrected chi connectivity index (χ4v) is 4.02. The number of benzene rings is 3. The number of ether oxygens (including phenoxy) is 1. The SMILES string of the molecule is NC(=O)c1cc(NC(=O)COC(=O)C(Cc2ccccc2)N2C(=O)c3ccccc3C2=O)cc(C(N)=O)c1. The number of fused-ring (bicyclic) bond motifs is 1. The number of carbonyl (C=O) groups is 6. The van der Waals surface area contributed by atoms with E-state index in [0.29, 0.717) is 5.56 Å². The molecule has 5 amide bonds. The van der Waals surface area contributed by atoms with Gasteiger partial charge in [0, 0.05) is 23.2 Å². The van der Waals surface area contributed by atoms with E-state index in [1.807, 2.05) is 0 Å². The Morgan fingerprint density at radius 3 is 1.84 bits per heavy atom. The molecule has 0 bridgehead atoms. The van der Waals surface area contributed by atoms with Crippen molar-refractivity contribution in [1.82, 2.24) is 4.90 Å². The number of hydrogen-bond donors (Lipinski definition) is 3. The number of amides is 5. The van der Waals surface area contributed by atoms with Crippen molar-refractivity contribution in [3.63, 3.8) is 0 Å². The highest BCUT2D eigenvalue weighted by atomic mass is 16.5. The molecule has 1 unspecified atom stereocenters. The van der Waals surface area contributed by atoms with Gasteiger partial charge in [-0.15, -0.1) is 0 Å². The predicted octanol–water partition coefficient (Wildman–Crippen LogP) is 1.27. The summed E-state index contributed by atoms with van der Waals surface area (Å²) in [6.45, 7) is -0.778. The third-order valence-corrected chi connectivity index (χ3v) is 5.81. The lowest BCUT2D eigenvalue weighted by atomic mass is 10.0. The highest BCUT2D eigenvalue weighted by Crippen LogP contribution is 2.26. The van der Waals surface area contributed by atoms with Gasteiger partial charge in [-0.3, -0.25) is 28.9 Å². The van der Waals surface area contributed by atoms with Crippen molar-refractivity contribution in [2.45, 2.75) is 12.5 Å². The van der Waals surface area contributed by atoms with Crippen LogP contribution >= 0.6 is 0 Å². The number of rotatable bonds is 9. The quantitative estimate of drug-likeness (QED) is 0.284. The maximum absolute atomic E-state index is 13.1. The Balaban J connectivity index is 1.51. The minimum atomic E-state index is -1.34. The van der Waals surface area contributed by atoms with Crippen molar-refractivity contribution < 1.29 is 33.5 Å². The van der Waals surface area contributed by atoms with Crippen LogP contribution in [0, 0.1) is 0 Å². The zero-order valence-electron chi connectivity index (χ0n) is 19.9. The van der Waals surface area contributed by atoms with Crippen LogP contribution in [0.3, 0.4) is 0 Å². The number of nitrogens with one attached hydrogen (secondary N) is 1. The van der Waals surface area contributed by atoms with Crippen molar-refractivity contribution in [2.24, 2.45) is 11.5 Å². The van der Waals surface area contributed by atoms with Crippen molar-refractivity contribution in [2.75, 3.05) is 11.9 Å². The lowest BCUT2D eigenvalue weighted by Gasteiger charge is -2.24. The zero-order valence-corrected chi connectivity index (χ0v) is 19.9. The normalized spacial score (nSPS) is 13.0. The van der Waals surface area contributed by atoms with Crippen LogP contribution < -0.4 is 16.8 Å². The Bertz CT molecular complexity index is 1400. The molecule has 5 N–H and O–H groups in total. The van der Waals surface area contributed by atoms with E-state index >= 15 is 0 Å².